The second-order valence-corrected chi connectivity index (χ2v) is 7.57. The highest BCUT2D eigenvalue weighted by atomic mass is 32.1. The molecule has 138 valence electrons. The molecule has 1 amide bonds. The molecule has 1 aromatic heterocycles. The number of carbonyl (C=O) groups is 3. The molecule has 1 aromatic rings. The minimum Gasteiger partial charge on any atom is -0.467 e. The molecule has 0 saturated carbocycles. The van der Waals surface area contributed by atoms with E-state index < -0.39 is 30.5 Å². The van der Waals surface area contributed by atoms with E-state index in [1.807, 2.05) is 19.2 Å². The van der Waals surface area contributed by atoms with E-state index in [0.29, 0.717) is 12.0 Å². The van der Waals surface area contributed by atoms with Gasteiger partial charge in [-0.1, -0.05) is 13.8 Å². The standard InChI is InChI=1S/C18H25NO5S/c1-11(2)8-14(18(22)23-3)19-16(20)9-24-17(21)13-10-25-15-7-5-4-6-12(13)15/h10-11,14H,4-9H2,1-3H3,(H,19,20)/t14-/m0/s1. The minimum atomic E-state index is -0.731. The van der Waals surface area contributed by atoms with Gasteiger partial charge in [0.1, 0.15) is 6.04 Å². The average Bonchev–Trinajstić information content (AvgIpc) is 3.02. The van der Waals surface area contributed by atoms with Crippen molar-refractivity contribution in [1.29, 1.82) is 0 Å². The lowest BCUT2D eigenvalue weighted by Gasteiger charge is -2.18. The van der Waals surface area contributed by atoms with E-state index in [4.69, 9.17) is 9.47 Å². The first kappa shape index (κ1) is 19.4. The van der Waals surface area contributed by atoms with E-state index in [1.165, 1.54) is 12.0 Å². The van der Waals surface area contributed by atoms with Crippen LogP contribution < -0.4 is 5.32 Å². The molecule has 0 fully saturated rings. The van der Waals surface area contributed by atoms with Crippen molar-refractivity contribution >= 4 is 29.2 Å². The molecule has 0 spiro atoms. The van der Waals surface area contributed by atoms with Gasteiger partial charge in [0.05, 0.1) is 12.7 Å². The quantitative estimate of drug-likeness (QED) is 0.749. The van der Waals surface area contributed by atoms with E-state index in [9.17, 15) is 14.4 Å². The molecule has 6 nitrogen and oxygen atoms in total. The molecule has 1 aliphatic carbocycles. The molecule has 0 radical (unpaired) electrons. The highest BCUT2D eigenvalue weighted by molar-refractivity contribution is 7.10. The molecular weight excluding hydrogens is 342 g/mol. The lowest BCUT2D eigenvalue weighted by molar-refractivity contribution is -0.145. The van der Waals surface area contributed by atoms with Gasteiger partial charge in [0.25, 0.3) is 5.91 Å². The Morgan fingerprint density at radius 3 is 2.64 bits per heavy atom. The van der Waals surface area contributed by atoms with Crippen molar-refractivity contribution in [2.45, 2.75) is 52.0 Å². The summed E-state index contributed by atoms with van der Waals surface area (Å²) in [4.78, 5) is 37.2. The first-order valence-corrected chi connectivity index (χ1v) is 9.43. The van der Waals surface area contributed by atoms with Crippen molar-refractivity contribution in [3.63, 3.8) is 0 Å². The molecule has 0 aromatic carbocycles. The van der Waals surface area contributed by atoms with Crippen molar-refractivity contribution in [3.05, 3.63) is 21.4 Å². The first-order valence-electron chi connectivity index (χ1n) is 8.56. The van der Waals surface area contributed by atoms with Crippen LogP contribution in [-0.2, 0) is 31.9 Å². The summed E-state index contributed by atoms with van der Waals surface area (Å²) in [7, 11) is 1.28. The number of fused-ring (bicyclic) bond motifs is 1. The normalized spacial score (nSPS) is 14.6. The Labute approximate surface area is 151 Å². The van der Waals surface area contributed by atoms with Crippen LogP contribution in [0.15, 0.2) is 5.38 Å². The lowest BCUT2D eigenvalue weighted by atomic mass is 9.96. The van der Waals surface area contributed by atoms with Crippen molar-refractivity contribution < 1.29 is 23.9 Å². The van der Waals surface area contributed by atoms with Crippen molar-refractivity contribution in [1.82, 2.24) is 5.32 Å². The summed E-state index contributed by atoms with van der Waals surface area (Å²) in [6, 6.07) is -0.731. The van der Waals surface area contributed by atoms with Crippen molar-refractivity contribution in [2.24, 2.45) is 5.92 Å². The fourth-order valence-electron chi connectivity index (χ4n) is 2.94. The zero-order chi connectivity index (χ0) is 18.4. The molecule has 0 bridgehead atoms. The van der Waals surface area contributed by atoms with Gasteiger partial charge in [0.2, 0.25) is 0 Å². The summed E-state index contributed by atoms with van der Waals surface area (Å²) in [6.07, 6.45) is 4.57. The highest BCUT2D eigenvalue weighted by Crippen LogP contribution is 2.30. The summed E-state index contributed by atoms with van der Waals surface area (Å²) < 4.78 is 9.84. The smallest absolute Gasteiger partial charge is 0.339 e. The van der Waals surface area contributed by atoms with Crippen LogP contribution in [0.2, 0.25) is 0 Å². The number of carbonyl (C=O) groups excluding carboxylic acids is 3. The van der Waals surface area contributed by atoms with Crippen LogP contribution in [0.4, 0.5) is 0 Å². The zero-order valence-electron chi connectivity index (χ0n) is 14.9. The SMILES string of the molecule is COC(=O)[C@H](CC(C)C)NC(=O)COC(=O)c1csc2c1CCCC2. The Balaban J connectivity index is 1.89. The van der Waals surface area contributed by atoms with Gasteiger partial charge < -0.3 is 14.8 Å². The molecule has 2 rings (SSSR count). The fourth-order valence-corrected chi connectivity index (χ4v) is 4.05. The molecule has 0 aliphatic heterocycles. The van der Waals surface area contributed by atoms with Gasteiger partial charge in [-0.3, -0.25) is 4.79 Å². The molecule has 1 N–H and O–H groups in total. The van der Waals surface area contributed by atoms with Crippen LogP contribution in [0.3, 0.4) is 0 Å². The Kier molecular flexibility index (Phi) is 6.99. The third-order valence-electron chi connectivity index (χ3n) is 4.14. The first-order chi connectivity index (χ1) is 11.9. The molecule has 1 atom stereocenters. The second-order valence-electron chi connectivity index (χ2n) is 6.61. The summed E-state index contributed by atoms with van der Waals surface area (Å²) in [5.74, 6) is -1.27. The largest absolute Gasteiger partial charge is 0.467 e. The number of hydrogen-bond donors (Lipinski definition) is 1. The third-order valence-corrected chi connectivity index (χ3v) is 5.23. The number of ether oxygens (including phenoxy) is 2. The summed E-state index contributed by atoms with van der Waals surface area (Å²) in [5.41, 5.74) is 1.63. The average molecular weight is 367 g/mol. The summed E-state index contributed by atoms with van der Waals surface area (Å²) >= 11 is 1.58. The topological polar surface area (TPSA) is 81.7 Å². The maximum Gasteiger partial charge on any atom is 0.339 e. The van der Waals surface area contributed by atoms with Crippen LogP contribution in [-0.4, -0.2) is 37.6 Å². The predicted octanol–water partition coefficient (Wildman–Crippen LogP) is 2.49. The number of nitrogens with one attached hydrogen (secondary N) is 1. The van der Waals surface area contributed by atoms with E-state index in [-0.39, 0.29) is 5.92 Å². The van der Waals surface area contributed by atoms with Crippen LogP contribution in [0.5, 0.6) is 0 Å². The van der Waals surface area contributed by atoms with Gasteiger partial charge >= 0.3 is 11.9 Å². The maximum atomic E-state index is 12.2. The van der Waals surface area contributed by atoms with Gasteiger partial charge in [0.15, 0.2) is 6.61 Å². The third kappa shape index (κ3) is 5.29. The van der Waals surface area contributed by atoms with Gasteiger partial charge in [-0.15, -0.1) is 11.3 Å². The van der Waals surface area contributed by atoms with Crippen LogP contribution >= 0.6 is 11.3 Å². The van der Waals surface area contributed by atoms with Crippen molar-refractivity contribution in [2.75, 3.05) is 13.7 Å². The number of esters is 2. The molecule has 1 aliphatic rings. The van der Waals surface area contributed by atoms with Crippen LogP contribution in [0.1, 0.15) is 53.9 Å². The monoisotopic (exact) mass is 367 g/mol. The van der Waals surface area contributed by atoms with E-state index >= 15 is 0 Å². The number of thiophene rings is 1. The van der Waals surface area contributed by atoms with Crippen LogP contribution in [0.25, 0.3) is 0 Å². The molecular formula is C18H25NO5S. The zero-order valence-corrected chi connectivity index (χ0v) is 15.7. The maximum absolute atomic E-state index is 12.2. The highest BCUT2D eigenvalue weighted by Gasteiger charge is 2.24. The minimum absolute atomic E-state index is 0.212. The van der Waals surface area contributed by atoms with Gasteiger partial charge in [-0.25, -0.2) is 9.59 Å². The Morgan fingerprint density at radius 1 is 1.24 bits per heavy atom. The predicted molar refractivity (Wildman–Crippen MR) is 94.6 cm³/mol. The Morgan fingerprint density at radius 2 is 1.96 bits per heavy atom. The summed E-state index contributed by atoms with van der Waals surface area (Å²) in [6.45, 7) is 3.48. The van der Waals surface area contributed by atoms with Gasteiger partial charge in [-0.05, 0) is 43.6 Å². The lowest BCUT2D eigenvalue weighted by Crippen LogP contribution is -2.44. The number of aryl methyl sites for hydroxylation is 1. The number of methoxy groups -OCH3 is 1. The molecule has 0 saturated heterocycles. The van der Waals surface area contributed by atoms with E-state index in [1.54, 1.807) is 11.3 Å². The van der Waals surface area contributed by atoms with E-state index in [0.717, 1.165) is 31.2 Å². The molecule has 1 heterocycles. The van der Waals surface area contributed by atoms with Crippen molar-refractivity contribution in [3.8, 4) is 0 Å². The van der Waals surface area contributed by atoms with Gasteiger partial charge in [0, 0.05) is 10.3 Å². The molecule has 0 unspecified atom stereocenters. The second kappa shape index (κ2) is 8.99. The van der Waals surface area contributed by atoms with E-state index in [2.05, 4.69) is 5.32 Å². The molecule has 25 heavy (non-hydrogen) atoms. The summed E-state index contributed by atoms with van der Waals surface area (Å²) in [5, 5.41) is 4.39. The van der Waals surface area contributed by atoms with Gasteiger partial charge in [-0.2, -0.15) is 0 Å². The number of rotatable bonds is 7. The van der Waals surface area contributed by atoms with Crippen LogP contribution in [0, 0.1) is 5.92 Å². The Hall–Kier alpha value is -1.89. The number of amides is 1. The Bertz CT molecular complexity index is 637. The fraction of sp³-hybridized carbons (Fsp3) is 0.611. The molecule has 7 heteroatoms. The number of hydrogen-bond acceptors (Lipinski definition) is 6.